The first-order chi connectivity index (χ1) is 11.9. The van der Waals surface area contributed by atoms with Gasteiger partial charge in [-0.05, 0) is 54.2 Å². The Hall–Kier alpha value is -2.56. The van der Waals surface area contributed by atoms with Crippen LogP contribution >= 0.6 is 0 Å². The van der Waals surface area contributed by atoms with E-state index in [1.54, 1.807) is 0 Å². The maximum Gasteiger partial charge on any atom is 0.573 e. The van der Waals surface area contributed by atoms with Crippen molar-refractivity contribution >= 4 is 5.78 Å². The van der Waals surface area contributed by atoms with Gasteiger partial charge in [0, 0.05) is 17.1 Å². The molecule has 1 aromatic carbocycles. The highest BCUT2D eigenvalue weighted by Crippen LogP contribution is 2.44. The molecule has 1 unspecified atom stereocenters. The lowest BCUT2D eigenvalue weighted by molar-refractivity contribution is -0.274. The largest absolute Gasteiger partial charge is 0.573 e. The molecule has 2 nitrogen and oxygen atoms in total. The normalized spacial score (nSPS) is 22.0. The molecular formula is C20H15F3O2. The van der Waals surface area contributed by atoms with Crippen LogP contribution in [0.5, 0.6) is 5.75 Å². The number of Topliss-reactive ketones (excluding diaryl/α,β-unsaturated/α-hetero) is 1. The highest BCUT2D eigenvalue weighted by Gasteiger charge is 2.33. The van der Waals surface area contributed by atoms with Crippen LogP contribution < -0.4 is 4.74 Å². The highest BCUT2D eigenvalue weighted by molar-refractivity contribution is 6.10. The maximum atomic E-state index is 12.9. The number of alkyl halides is 3. The van der Waals surface area contributed by atoms with Gasteiger partial charge in [-0.2, -0.15) is 0 Å². The average Bonchev–Trinajstić information content (AvgIpc) is 3.30. The fraction of sp³-hybridized carbons (Fsp3) is 0.250. The van der Waals surface area contributed by atoms with E-state index >= 15 is 0 Å². The first kappa shape index (κ1) is 15.9. The minimum atomic E-state index is -4.74. The van der Waals surface area contributed by atoms with Gasteiger partial charge in [0.25, 0.3) is 0 Å². The topological polar surface area (TPSA) is 26.3 Å². The number of ether oxygens (including phenoxy) is 1. The molecule has 0 radical (unpaired) electrons. The lowest BCUT2D eigenvalue weighted by Crippen LogP contribution is -2.18. The van der Waals surface area contributed by atoms with Crippen molar-refractivity contribution in [3.05, 3.63) is 76.9 Å². The summed E-state index contributed by atoms with van der Waals surface area (Å²) < 4.78 is 40.6. The van der Waals surface area contributed by atoms with E-state index < -0.39 is 6.36 Å². The summed E-state index contributed by atoms with van der Waals surface area (Å²) in [5.41, 5.74) is 3.31. The van der Waals surface area contributed by atoms with Crippen LogP contribution in [0.25, 0.3) is 0 Å². The number of carbonyl (C=O) groups is 1. The van der Waals surface area contributed by atoms with Gasteiger partial charge >= 0.3 is 6.36 Å². The van der Waals surface area contributed by atoms with Crippen molar-refractivity contribution < 1.29 is 22.7 Å². The summed E-state index contributed by atoms with van der Waals surface area (Å²) in [6.45, 7) is 0. The molecule has 25 heavy (non-hydrogen) atoms. The second kappa shape index (κ2) is 5.76. The van der Waals surface area contributed by atoms with Crippen molar-refractivity contribution in [1.29, 1.82) is 0 Å². The molecule has 0 aromatic heterocycles. The van der Waals surface area contributed by atoms with Gasteiger partial charge in [0.05, 0.1) is 0 Å². The van der Waals surface area contributed by atoms with Crippen LogP contribution in [0.1, 0.15) is 23.2 Å². The van der Waals surface area contributed by atoms with Crippen molar-refractivity contribution in [3.63, 3.8) is 0 Å². The summed E-state index contributed by atoms with van der Waals surface area (Å²) in [4.78, 5) is 12.9. The van der Waals surface area contributed by atoms with Gasteiger partial charge in [-0.3, -0.25) is 4.79 Å². The number of hydrogen-bond donors (Lipinski definition) is 0. The minimum Gasteiger partial charge on any atom is -0.406 e. The van der Waals surface area contributed by atoms with Crippen LogP contribution in [0, 0.1) is 11.8 Å². The monoisotopic (exact) mass is 344 g/mol. The quantitative estimate of drug-likeness (QED) is 0.706. The van der Waals surface area contributed by atoms with E-state index in [2.05, 4.69) is 10.8 Å². The average molecular weight is 344 g/mol. The van der Waals surface area contributed by atoms with Crippen molar-refractivity contribution in [1.82, 2.24) is 0 Å². The van der Waals surface area contributed by atoms with Gasteiger partial charge in [0.1, 0.15) is 5.75 Å². The van der Waals surface area contributed by atoms with E-state index in [1.165, 1.54) is 29.8 Å². The Morgan fingerprint density at radius 2 is 1.76 bits per heavy atom. The number of carbonyl (C=O) groups excluding carboxylic acids is 1. The van der Waals surface area contributed by atoms with Gasteiger partial charge in [0.2, 0.25) is 0 Å². The van der Waals surface area contributed by atoms with Crippen molar-refractivity contribution in [3.8, 4) is 5.75 Å². The van der Waals surface area contributed by atoms with Crippen LogP contribution in [0.4, 0.5) is 13.2 Å². The van der Waals surface area contributed by atoms with E-state index in [9.17, 15) is 18.0 Å². The molecule has 0 N–H and O–H groups in total. The lowest BCUT2D eigenvalue weighted by Gasteiger charge is -2.21. The number of allylic oxidation sites excluding steroid dienone is 8. The number of fused-ring (bicyclic) bond motifs is 1. The molecule has 0 aliphatic heterocycles. The summed E-state index contributed by atoms with van der Waals surface area (Å²) >= 11 is 0. The van der Waals surface area contributed by atoms with Crippen LogP contribution in [-0.2, 0) is 0 Å². The Balaban J connectivity index is 1.60. The van der Waals surface area contributed by atoms with Gasteiger partial charge in [-0.25, -0.2) is 0 Å². The van der Waals surface area contributed by atoms with Crippen molar-refractivity contribution in [2.24, 2.45) is 11.8 Å². The first-order valence-electron chi connectivity index (χ1n) is 8.13. The maximum absolute atomic E-state index is 12.9. The summed E-state index contributed by atoms with van der Waals surface area (Å²) in [7, 11) is 0. The molecule has 0 amide bonds. The van der Waals surface area contributed by atoms with Crippen LogP contribution in [-0.4, -0.2) is 12.1 Å². The summed E-state index contributed by atoms with van der Waals surface area (Å²) in [6.07, 6.45) is 7.56. The highest BCUT2D eigenvalue weighted by atomic mass is 19.4. The van der Waals surface area contributed by atoms with Crippen LogP contribution in [0.3, 0.4) is 0 Å². The Morgan fingerprint density at radius 3 is 2.40 bits per heavy atom. The number of hydrogen-bond acceptors (Lipinski definition) is 2. The molecule has 1 atom stereocenters. The number of rotatable bonds is 4. The Morgan fingerprint density at radius 1 is 1.04 bits per heavy atom. The molecule has 0 saturated heterocycles. The van der Waals surface area contributed by atoms with E-state index in [4.69, 9.17) is 0 Å². The molecule has 0 heterocycles. The van der Waals surface area contributed by atoms with E-state index in [0.717, 1.165) is 18.4 Å². The van der Waals surface area contributed by atoms with Gasteiger partial charge < -0.3 is 4.74 Å². The molecule has 5 heteroatoms. The second-order valence-corrected chi connectivity index (χ2v) is 6.45. The molecule has 0 bridgehead atoms. The number of ketones is 1. The minimum absolute atomic E-state index is 0.0684. The number of benzene rings is 1. The predicted octanol–water partition coefficient (Wildman–Crippen LogP) is 5.16. The lowest BCUT2D eigenvalue weighted by atomic mass is 9.81. The molecule has 0 spiro atoms. The van der Waals surface area contributed by atoms with Gasteiger partial charge in [-0.1, -0.05) is 30.4 Å². The van der Waals surface area contributed by atoms with E-state index in [0.29, 0.717) is 17.1 Å². The third-order valence-corrected chi connectivity index (χ3v) is 4.60. The van der Waals surface area contributed by atoms with Crippen LogP contribution in [0.15, 0.2) is 71.4 Å². The van der Waals surface area contributed by atoms with Gasteiger partial charge in [-0.15, -0.1) is 13.2 Å². The Kier molecular flexibility index (Phi) is 3.67. The zero-order valence-electron chi connectivity index (χ0n) is 13.2. The third-order valence-electron chi connectivity index (χ3n) is 4.60. The molecule has 3 aliphatic carbocycles. The second-order valence-electron chi connectivity index (χ2n) is 6.45. The zero-order chi connectivity index (χ0) is 17.6. The number of halogens is 3. The Bertz CT molecular complexity index is 835. The van der Waals surface area contributed by atoms with Crippen molar-refractivity contribution in [2.75, 3.05) is 0 Å². The fourth-order valence-corrected chi connectivity index (χ4v) is 3.25. The molecule has 128 valence electrons. The molecule has 4 rings (SSSR count). The van der Waals surface area contributed by atoms with Crippen LogP contribution in [0.2, 0.25) is 0 Å². The smallest absolute Gasteiger partial charge is 0.406 e. The van der Waals surface area contributed by atoms with E-state index in [1.807, 2.05) is 24.3 Å². The molecule has 1 aromatic rings. The molecule has 1 saturated carbocycles. The van der Waals surface area contributed by atoms with Gasteiger partial charge in [0.15, 0.2) is 5.78 Å². The predicted molar refractivity (Wildman–Crippen MR) is 87.1 cm³/mol. The van der Waals surface area contributed by atoms with E-state index in [-0.39, 0.29) is 17.5 Å². The SMILES string of the molecule is O=C(C1=CC(C2CC2)=CC2=CC=CC21)c1ccc(OC(F)(F)F)cc1. The molecular weight excluding hydrogens is 329 g/mol. The van der Waals surface area contributed by atoms with Crippen molar-refractivity contribution in [2.45, 2.75) is 19.2 Å². The third kappa shape index (κ3) is 3.31. The first-order valence-corrected chi connectivity index (χ1v) is 8.13. The molecule has 3 aliphatic rings. The summed E-state index contributed by atoms with van der Waals surface area (Å²) in [6, 6.07) is 5.09. The summed E-state index contributed by atoms with van der Waals surface area (Å²) in [5, 5.41) is 0. The molecule has 1 fully saturated rings. The zero-order valence-corrected chi connectivity index (χ0v) is 13.2. The summed E-state index contributed by atoms with van der Waals surface area (Å²) in [5.74, 6) is -0.0391. The Labute approximate surface area is 143 Å². The fourth-order valence-electron chi connectivity index (χ4n) is 3.25. The standard InChI is InChI=1S/C20H15F3O2/c21-20(22,23)25-16-8-6-13(7-9-16)19(24)18-11-15(12-4-5-12)10-14-2-1-3-17(14)18/h1-3,6-12,17H,4-5H2.